The van der Waals surface area contributed by atoms with Crippen LogP contribution in [0.2, 0.25) is 0 Å². The van der Waals surface area contributed by atoms with Crippen molar-refractivity contribution >= 4 is 0 Å². The minimum Gasteiger partial charge on any atom is -0.497 e. The van der Waals surface area contributed by atoms with Gasteiger partial charge in [-0.15, -0.1) is 0 Å². The number of aromatic nitrogens is 1. The molecule has 1 aromatic carbocycles. The molecule has 0 radical (unpaired) electrons. The summed E-state index contributed by atoms with van der Waals surface area (Å²) in [4.78, 5) is 3.84. The average Bonchev–Trinajstić information content (AvgIpc) is 2.54. The van der Waals surface area contributed by atoms with Gasteiger partial charge in [0.25, 0.3) is 0 Å². The van der Waals surface area contributed by atoms with Crippen LogP contribution in [0.5, 0.6) is 5.75 Å². The second-order valence-electron chi connectivity index (χ2n) is 5.33. The first kappa shape index (κ1) is 16.4. The van der Waals surface area contributed by atoms with Gasteiger partial charge in [-0.05, 0) is 43.2 Å². The van der Waals surface area contributed by atoms with Gasteiger partial charge in [0.15, 0.2) is 0 Å². The van der Waals surface area contributed by atoms with E-state index in [1.165, 1.54) is 12.3 Å². The fraction of sp³-hybridized carbons (Fsp3) is 0.353. The highest BCUT2D eigenvalue weighted by atomic mass is 19.1. The van der Waals surface area contributed by atoms with Crippen LogP contribution in [0.1, 0.15) is 37.1 Å². The third kappa shape index (κ3) is 4.02. The number of nitrogens with one attached hydrogen (secondary N) is 1. The Bertz CT molecular complexity index is 604. The molecule has 0 aliphatic heterocycles. The van der Waals surface area contributed by atoms with E-state index in [2.05, 4.69) is 10.3 Å². The van der Waals surface area contributed by atoms with Gasteiger partial charge < -0.3 is 15.2 Å². The Hall–Kier alpha value is -1.98. The van der Waals surface area contributed by atoms with E-state index in [9.17, 15) is 9.50 Å². The number of nitrogens with zero attached hydrogens (tertiary/aromatic N) is 1. The van der Waals surface area contributed by atoms with Crippen molar-refractivity contribution in [3.05, 3.63) is 59.7 Å². The van der Waals surface area contributed by atoms with Crippen LogP contribution in [0.3, 0.4) is 0 Å². The van der Waals surface area contributed by atoms with Crippen LogP contribution < -0.4 is 10.1 Å². The van der Waals surface area contributed by atoms with Gasteiger partial charge in [-0.3, -0.25) is 4.98 Å². The Labute approximate surface area is 130 Å². The molecule has 2 rings (SSSR count). The summed E-state index contributed by atoms with van der Waals surface area (Å²) in [7, 11) is 1.60. The van der Waals surface area contributed by atoms with Crippen LogP contribution in [0.4, 0.5) is 4.39 Å². The van der Waals surface area contributed by atoms with E-state index in [1.54, 1.807) is 13.3 Å². The first-order valence-electron chi connectivity index (χ1n) is 7.19. The molecule has 0 aliphatic rings. The Kier molecular flexibility index (Phi) is 5.46. The standard InChI is InChI=1S/C17H21FN2O2/c1-11(14-8-15(18)10-19-9-14)20-12(2)17(21)13-4-6-16(22-3)7-5-13/h4-12,17,20-21H,1-3H3. The second-order valence-corrected chi connectivity index (χ2v) is 5.33. The summed E-state index contributed by atoms with van der Waals surface area (Å²) in [5.74, 6) is 0.380. The molecule has 0 saturated heterocycles. The topological polar surface area (TPSA) is 54.4 Å². The molecule has 3 atom stereocenters. The number of pyridine rings is 1. The fourth-order valence-electron chi connectivity index (χ4n) is 2.34. The normalized spacial score (nSPS) is 15.1. The minimum atomic E-state index is -0.671. The number of ether oxygens (including phenoxy) is 1. The first-order valence-corrected chi connectivity index (χ1v) is 7.19. The monoisotopic (exact) mass is 304 g/mol. The van der Waals surface area contributed by atoms with Gasteiger partial charge in [0.1, 0.15) is 11.6 Å². The number of rotatable bonds is 6. The lowest BCUT2D eigenvalue weighted by molar-refractivity contribution is 0.130. The third-order valence-corrected chi connectivity index (χ3v) is 3.67. The predicted molar refractivity (Wildman–Crippen MR) is 83.2 cm³/mol. The maximum Gasteiger partial charge on any atom is 0.141 e. The van der Waals surface area contributed by atoms with Crippen LogP contribution in [-0.4, -0.2) is 23.2 Å². The quantitative estimate of drug-likeness (QED) is 0.861. The maximum absolute atomic E-state index is 13.2. The molecular formula is C17H21FN2O2. The van der Waals surface area contributed by atoms with Gasteiger partial charge in [0, 0.05) is 18.3 Å². The predicted octanol–water partition coefficient (Wildman–Crippen LogP) is 3.00. The molecule has 0 aliphatic carbocycles. The zero-order valence-electron chi connectivity index (χ0n) is 13.0. The Morgan fingerprint density at radius 2 is 1.82 bits per heavy atom. The van der Waals surface area contributed by atoms with Crippen molar-refractivity contribution in [3.63, 3.8) is 0 Å². The Balaban J connectivity index is 2.02. The summed E-state index contributed by atoms with van der Waals surface area (Å²) in [6.07, 6.45) is 2.12. The summed E-state index contributed by atoms with van der Waals surface area (Å²) >= 11 is 0. The van der Waals surface area contributed by atoms with Crippen molar-refractivity contribution in [2.75, 3.05) is 7.11 Å². The molecular weight excluding hydrogens is 283 g/mol. The molecule has 0 bridgehead atoms. The van der Waals surface area contributed by atoms with Crippen molar-refractivity contribution in [3.8, 4) is 5.75 Å². The Morgan fingerprint density at radius 1 is 1.14 bits per heavy atom. The van der Waals surface area contributed by atoms with Gasteiger partial charge >= 0.3 is 0 Å². The lowest BCUT2D eigenvalue weighted by Crippen LogP contribution is -2.34. The molecule has 0 amide bonds. The molecule has 0 fully saturated rings. The number of hydrogen-bond donors (Lipinski definition) is 2. The number of benzene rings is 1. The summed E-state index contributed by atoms with van der Waals surface area (Å²) in [6, 6.07) is 8.40. The molecule has 3 unspecified atom stereocenters. The van der Waals surface area contributed by atoms with E-state index in [0.29, 0.717) is 0 Å². The average molecular weight is 304 g/mol. The van der Waals surface area contributed by atoms with Crippen LogP contribution in [0.25, 0.3) is 0 Å². The van der Waals surface area contributed by atoms with Crippen molar-refractivity contribution in [1.29, 1.82) is 0 Å². The van der Waals surface area contributed by atoms with Crippen molar-refractivity contribution in [2.45, 2.75) is 32.0 Å². The van der Waals surface area contributed by atoms with Crippen LogP contribution in [-0.2, 0) is 0 Å². The molecule has 118 valence electrons. The molecule has 1 aromatic heterocycles. The fourth-order valence-corrected chi connectivity index (χ4v) is 2.34. The molecule has 4 nitrogen and oxygen atoms in total. The lowest BCUT2D eigenvalue weighted by atomic mass is 10.0. The van der Waals surface area contributed by atoms with Gasteiger partial charge in [-0.1, -0.05) is 12.1 Å². The van der Waals surface area contributed by atoms with Gasteiger partial charge in [-0.2, -0.15) is 0 Å². The van der Waals surface area contributed by atoms with Crippen molar-refractivity contribution < 1.29 is 14.2 Å². The number of methoxy groups -OCH3 is 1. The zero-order chi connectivity index (χ0) is 16.1. The molecule has 22 heavy (non-hydrogen) atoms. The lowest BCUT2D eigenvalue weighted by Gasteiger charge is -2.25. The molecule has 2 aromatic rings. The van der Waals surface area contributed by atoms with Crippen LogP contribution in [0, 0.1) is 5.82 Å². The number of hydrogen-bond acceptors (Lipinski definition) is 4. The van der Waals surface area contributed by atoms with Gasteiger partial charge in [0.2, 0.25) is 0 Å². The summed E-state index contributed by atoms with van der Waals surface area (Å²) < 4.78 is 18.3. The highest BCUT2D eigenvalue weighted by Gasteiger charge is 2.19. The third-order valence-electron chi connectivity index (χ3n) is 3.67. The van der Waals surface area contributed by atoms with E-state index in [0.717, 1.165) is 16.9 Å². The summed E-state index contributed by atoms with van der Waals surface area (Å²) in [6.45, 7) is 3.80. The highest BCUT2D eigenvalue weighted by Crippen LogP contribution is 2.22. The Morgan fingerprint density at radius 3 is 2.41 bits per heavy atom. The van der Waals surface area contributed by atoms with E-state index in [4.69, 9.17) is 4.74 Å². The molecule has 0 saturated carbocycles. The van der Waals surface area contributed by atoms with Crippen molar-refractivity contribution in [1.82, 2.24) is 10.3 Å². The van der Waals surface area contributed by atoms with E-state index < -0.39 is 6.10 Å². The van der Waals surface area contributed by atoms with Crippen molar-refractivity contribution in [2.24, 2.45) is 0 Å². The minimum absolute atomic E-state index is 0.119. The van der Waals surface area contributed by atoms with E-state index >= 15 is 0 Å². The zero-order valence-corrected chi connectivity index (χ0v) is 13.0. The van der Waals surface area contributed by atoms with E-state index in [1.807, 2.05) is 38.1 Å². The molecule has 1 heterocycles. The maximum atomic E-state index is 13.2. The summed E-state index contributed by atoms with van der Waals surface area (Å²) in [5, 5.41) is 13.7. The van der Waals surface area contributed by atoms with Gasteiger partial charge in [-0.25, -0.2) is 4.39 Å². The highest BCUT2D eigenvalue weighted by molar-refractivity contribution is 5.29. The van der Waals surface area contributed by atoms with Gasteiger partial charge in [0.05, 0.1) is 19.4 Å². The first-order chi connectivity index (χ1) is 10.5. The molecule has 0 spiro atoms. The smallest absolute Gasteiger partial charge is 0.141 e. The van der Waals surface area contributed by atoms with Crippen LogP contribution >= 0.6 is 0 Å². The number of halogens is 1. The van der Waals surface area contributed by atoms with Crippen LogP contribution in [0.15, 0.2) is 42.7 Å². The number of aliphatic hydroxyl groups excluding tert-OH is 1. The largest absolute Gasteiger partial charge is 0.497 e. The number of aliphatic hydroxyl groups is 1. The van der Waals surface area contributed by atoms with E-state index in [-0.39, 0.29) is 17.9 Å². The molecule has 2 N–H and O–H groups in total. The summed E-state index contributed by atoms with van der Waals surface area (Å²) in [5.41, 5.74) is 1.54. The second kappa shape index (κ2) is 7.33. The SMILES string of the molecule is COc1ccc(C(O)C(C)NC(C)c2cncc(F)c2)cc1. The molecule has 5 heteroatoms.